The highest BCUT2D eigenvalue weighted by atomic mass is 35.5. The number of halogens is 1. The molecular formula is C15H29ClN2O2. The van der Waals surface area contributed by atoms with Gasteiger partial charge in [-0.25, -0.2) is 0 Å². The Labute approximate surface area is 128 Å². The fraction of sp³-hybridized carbons (Fsp3) is 0.933. The minimum Gasteiger partial charge on any atom is -0.365 e. The number of hydrogen-bond acceptors (Lipinski definition) is 3. The van der Waals surface area contributed by atoms with Gasteiger partial charge in [0.1, 0.15) is 6.10 Å². The van der Waals surface area contributed by atoms with Crippen molar-refractivity contribution in [2.45, 2.75) is 64.1 Å². The van der Waals surface area contributed by atoms with Crippen LogP contribution in [-0.2, 0) is 9.53 Å². The van der Waals surface area contributed by atoms with E-state index < -0.39 is 0 Å². The van der Waals surface area contributed by atoms with E-state index in [1.807, 2.05) is 6.92 Å². The van der Waals surface area contributed by atoms with Crippen molar-refractivity contribution in [3.05, 3.63) is 0 Å². The molecule has 2 aliphatic rings. The van der Waals surface area contributed by atoms with Crippen molar-refractivity contribution in [1.29, 1.82) is 0 Å². The second kappa shape index (κ2) is 9.59. The molecule has 0 spiro atoms. The lowest BCUT2D eigenvalue weighted by molar-refractivity contribution is -0.136. The van der Waals surface area contributed by atoms with Crippen LogP contribution in [0.4, 0.5) is 0 Å². The lowest BCUT2D eigenvalue weighted by atomic mass is 10.1. The largest absolute Gasteiger partial charge is 0.365 e. The van der Waals surface area contributed by atoms with Crippen molar-refractivity contribution in [3.63, 3.8) is 0 Å². The average Bonchev–Trinajstić information content (AvgIpc) is 3.08. The molecule has 1 saturated carbocycles. The Morgan fingerprint density at radius 3 is 2.70 bits per heavy atom. The topological polar surface area (TPSA) is 50.4 Å². The van der Waals surface area contributed by atoms with Gasteiger partial charge in [-0.05, 0) is 51.1 Å². The van der Waals surface area contributed by atoms with Crippen LogP contribution in [0.1, 0.15) is 51.9 Å². The zero-order valence-corrected chi connectivity index (χ0v) is 13.3. The fourth-order valence-electron chi connectivity index (χ4n) is 3.07. The summed E-state index contributed by atoms with van der Waals surface area (Å²) >= 11 is 0. The highest BCUT2D eigenvalue weighted by Gasteiger charge is 2.24. The van der Waals surface area contributed by atoms with Gasteiger partial charge in [-0.15, -0.1) is 12.4 Å². The quantitative estimate of drug-likeness (QED) is 0.758. The molecule has 4 nitrogen and oxygen atoms in total. The summed E-state index contributed by atoms with van der Waals surface area (Å²) in [6.45, 7) is 5.04. The maximum Gasteiger partial charge on any atom is 0.249 e. The zero-order valence-electron chi connectivity index (χ0n) is 12.5. The van der Waals surface area contributed by atoms with Gasteiger partial charge < -0.3 is 15.4 Å². The molecule has 20 heavy (non-hydrogen) atoms. The SMILES string of the molecule is CCC(OC1CCCC1)C(=O)NCCC1CCNC1.Cl. The Balaban J connectivity index is 0.00000200. The smallest absolute Gasteiger partial charge is 0.249 e. The molecular weight excluding hydrogens is 276 g/mol. The van der Waals surface area contributed by atoms with E-state index in [-0.39, 0.29) is 24.4 Å². The first-order valence-electron chi connectivity index (χ1n) is 7.93. The zero-order chi connectivity index (χ0) is 13.5. The summed E-state index contributed by atoms with van der Waals surface area (Å²) < 4.78 is 5.92. The van der Waals surface area contributed by atoms with E-state index in [4.69, 9.17) is 4.74 Å². The molecule has 1 saturated heterocycles. The molecule has 1 aliphatic heterocycles. The van der Waals surface area contributed by atoms with E-state index >= 15 is 0 Å². The first kappa shape index (κ1) is 17.7. The minimum absolute atomic E-state index is 0. The maximum absolute atomic E-state index is 12.1. The minimum atomic E-state index is -0.246. The predicted octanol–water partition coefficient (Wildman–Crippen LogP) is 2.26. The van der Waals surface area contributed by atoms with E-state index in [2.05, 4.69) is 10.6 Å². The van der Waals surface area contributed by atoms with E-state index in [1.54, 1.807) is 0 Å². The van der Waals surface area contributed by atoms with Crippen LogP contribution in [0.25, 0.3) is 0 Å². The van der Waals surface area contributed by atoms with E-state index in [1.165, 1.54) is 19.3 Å². The van der Waals surface area contributed by atoms with Gasteiger partial charge in [-0.1, -0.05) is 19.8 Å². The van der Waals surface area contributed by atoms with Crippen molar-refractivity contribution in [3.8, 4) is 0 Å². The molecule has 2 N–H and O–H groups in total. The number of hydrogen-bond donors (Lipinski definition) is 2. The van der Waals surface area contributed by atoms with Gasteiger partial charge in [0, 0.05) is 6.54 Å². The summed E-state index contributed by atoms with van der Waals surface area (Å²) in [6.07, 6.45) is 7.90. The summed E-state index contributed by atoms with van der Waals surface area (Å²) in [5.41, 5.74) is 0. The molecule has 0 aromatic rings. The summed E-state index contributed by atoms with van der Waals surface area (Å²) in [5, 5.41) is 6.40. The van der Waals surface area contributed by atoms with Crippen LogP contribution >= 0.6 is 12.4 Å². The number of rotatable bonds is 7. The van der Waals surface area contributed by atoms with Crippen molar-refractivity contribution in [2.24, 2.45) is 5.92 Å². The first-order valence-corrected chi connectivity index (χ1v) is 7.93. The molecule has 2 unspecified atom stereocenters. The second-order valence-corrected chi connectivity index (χ2v) is 5.88. The predicted molar refractivity (Wildman–Crippen MR) is 83.3 cm³/mol. The van der Waals surface area contributed by atoms with Gasteiger partial charge in [-0.3, -0.25) is 4.79 Å². The maximum atomic E-state index is 12.1. The Morgan fingerprint density at radius 2 is 2.10 bits per heavy atom. The summed E-state index contributed by atoms with van der Waals surface area (Å²) in [5.74, 6) is 0.816. The van der Waals surface area contributed by atoms with Crippen LogP contribution in [0.3, 0.4) is 0 Å². The number of ether oxygens (including phenoxy) is 1. The third kappa shape index (κ3) is 5.58. The highest BCUT2D eigenvalue weighted by Crippen LogP contribution is 2.23. The van der Waals surface area contributed by atoms with Crippen molar-refractivity contribution >= 4 is 18.3 Å². The van der Waals surface area contributed by atoms with Crippen LogP contribution in [0, 0.1) is 5.92 Å². The van der Waals surface area contributed by atoms with Crippen LogP contribution in [0.5, 0.6) is 0 Å². The number of amides is 1. The van der Waals surface area contributed by atoms with E-state index in [0.717, 1.165) is 51.2 Å². The number of carbonyl (C=O) groups is 1. The molecule has 0 radical (unpaired) electrons. The van der Waals surface area contributed by atoms with Gasteiger partial charge in [0.15, 0.2) is 0 Å². The van der Waals surface area contributed by atoms with Gasteiger partial charge in [-0.2, -0.15) is 0 Å². The summed E-state index contributed by atoms with van der Waals surface area (Å²) in [6, 6.07) is 0. The normalized spacial score (nSPS) is 24.4. The van der Waals surface area contributed by atoms with Crippen LogP contribution in [-0.4, -0.2) is 37.7 Å². The Bertz CT molecular complexity index is 277. The van der Waals surface area contributed by atoms with Crippen LogP contribution < -0.4 is 10.6 Å². The lowest BCUT2D eigenvalue weighted by Gasteiger charge is -2.20. The highest BCUT2D eigenvalue weighted by molar-refractivity contribution is 5.85. The standard InChI is InChI=1S/C15H28N2O2.ClH/c1-2-14(19-13-5-3-4-6-13)15(18)17-10-8-12-7-9-16-11-12;/h12-14,16H,2-11H2,1H3,(H,17,18);1H. The van der Waals surface area contributed by atoms with Gasteiger partial charge in [0.05, 0.1) is 6.10 Å². The lowest BCUT2D eigenvalue weighted by Crippen LogP contribution is -2.38. The van der Waals surface area contributed by atoms with Gasteiger partial charge in [0.25, 0.3) is 0 Å². The Hall–Kier alpha value is -0.320. The third-order valence-corrected chi connectivity index (χ3v) is 4.34. The molecule has 0 aromatic heterocycles. The van der Waals surface area contributed by atoms with Crippen molar-refractivity contribution in [1.82, 2.24) is 10.6 Å². The molecule has 1 heterocycles. The molecule has 1 amide bonds. The molecule has 2 fully saturated rings. The second-order valence-electron chi connectivity index (χ2n) is 5.88. The first-order chi connectivity index (χ1) is 9.29. The number of carbonyl (C=O) groups excluding carboxylic acids is 1. The third-order valence-electron chi connectivity index (χ3n) is 4.34. The average molecular weight is 305 g/mol. The fourth-order valence-corrected chi connectivity index (χ4v) is 3.07. The van der Waals surface area contributed by atoms with Crippen molar-refractivity contribution in [2.75, 3.05) is 19.6 Å². The summed E-state index contributed by atoms with van der Waals surface area (Å²) in [7, 11) is 0. The van der Waals surface area contributed by atoms with Gasteiger partial charge in [0.2, 0.25) is 5.91 Å². The molecule has 2 atom stereocenters. The van der Waals surface area contributed by atoms with Gasteiger partial charge >= 0.3 is 0 Å². The molecule has 0 aromatic carbocycles. The van der Waals surface area contributed by atoms with Crippen molar-refractivity contribution < 1.29 is 9.53 Å². The van der Waals surface area contributed by atoms with E-state index in [9.17, 15) is 4.79 Å². The Kier molecular flexibility index (Phi) is 8.50. The molecule has 118 valence electrons. The summed E-state index contributed by atoms with van der Waals surface area (Å²) in [4.78, 5) is 12.1. The number of nitrogens with one attached hydrogen (secondary N) is 2. The van der Waals surface area contributed by atoms with Crippen LogP contribution in [0.15, 0.2) is 0 Å². The van der Waals surface area contributed by atoms with Crippen LogP contribution in [0.2, 0.25) is 0 Å². The molecule has 5 heteroatoms. The molecule has 2 rings (SSSR count). The molecule has 0 bridgehead atoms. The molecule has 1 aliphatic carbocycles. The van der Waals surface area contributed by atoms with E-state index in [0.29, 0.717) is 6.10 Å². The monoisotopic (exact) mass is 304 g/mol. The Morgan fingerprint density at radius 1 is 1.35 bits per heavy atom.